The molecule has 0 spiro atoms. The molecule has 0 aliphatic carbocycles. The van der Waals surface area contributed by atoms with Crippen LogP contribution in [0.2, 0.25) is 0 Å². The highest BCUT2D eigenvalue weighted by Crippen LogP contribution is 2.34. The van der Waals surface area contributed by atoms with Crippen LogP contribution < -0.4 is 5.48 Å². The largest absolute Gasteiger partial charge is 0.326 e. The number of carbonyl (C=O) groups is 1. The molecule has 2 aromatic rings. The van der Waals surface area contributed by atoms with Gasteiger partial charge in [-0.3, -0.25) is 4.79 Å². The van der Waals surface area contributed by atoms with E-state index in [9.17, 15) is 4.79 Å². The van der Waals surface area contributed by atoms with E-state index in [0.717, 1.165) is 16.7 Å². The SMILES string of the molecule is CC(NO)C(=O)N1CC(c2ccccc2)=CC1c1ccccc1. The standard InChI is InChI=1S/C19H20N2O2/c1-14(20-23)19(22)21-13-17(15-8-4-2-5-9-15)12-18(21)16-10-6-3-7-11-16/h2-12,14,18,20,23H,13H2,1H3. The van der Waals surface area contributed by atoms with E-state index < -0.39 is 6.04 Å². The number of nitrogens with zero attached hydrogens (tertiary/aromatic N) is 1. The van der Waals surface area contributed by atoms with Crippen LogP contribution in [0.3, 0.4) is 0 Å². The van der Waals surface area contributed by atoms with Crippen LogP contribution in [0.5, 0.6) is 0 Å². The van der Waals surface area contributed by atoms with Crippen molar-refractivity contribution < 1.29 is 10.0 Å². The molecule has 4 nitrogen and oxygen atoms in total. The van der Waals surface area contributed by atoms with Gasteiger partial charge in [0.25, 0.3) is 0 Å². The maximum atomic E-state index is 12.6. The van der Waals surface area contributed by atoms with Gasteiger partial charge in [-0.15, -0.1) is 0 Å². The number of hydrogen-bond donors (Lipinski definition) is 2. The third kappa shape index (κ3) is 3.18. The molecule has 2 N–H and O–H groups in total. The first-order valence-electron chi connectivity index (χ1n) is 7.72. The summed E-state index contributed by atoms with van der Waals surface area (Å²) < 4.78 is 0. The molecule has 0 bridgehead atoms. The summed E-state index contributed by atoms with van der Waals surface area (Å²) in [6.07, 6.45) is 2.13. The van der Waals surface area contributed by atoms with Crippen molar-refractivity contribution in [3.8, 4) is 0 Å². The van der Waals surface area contributed by atoms with Gasteiger partial charge in [0.2, 0.25) is 5.91 Å². The number of amides is 1. The van der Waals surface area contributed by atoms with Crippen LogP contribution in [0, 0.1) is 0 Å². The van der Waals surface area contributed by atoms with Gasteiger partial charge in [0.15, 0.2) is 0 Å². The quantitative estimate of drug-likeness (QED) is 0.854. The molecule has 4 heteroatoms. The molecule has 1 heterocycles. The Labute approximate surface area is 136 Å². The highest BCUT2D eigenvalue weighted by Gasteiger charge is 2.32. The van der Waals surface area contributed by atoms with E-state index in [0.29, 0.717) is 6.54 Å². The maximum Gasteiger partial charge on any atom is 0.242 e. The van der Waals surface area contributed by atoms with Gasteiger partial charge in [-0.1, -0.05) is 66.7 Å². The Morgan fingerprint density at radius 2 is 1.74 bits per heavy atom. The fraction of sp³-hybridized carbons (Fsp3) is 0.211. The maximum absolute atomic E-state index is 12.6. The van der Waals surface area contributed by atoms with Gasteiger partial charge in [0.1, 0.15) is 6.04 Å². The lowest BCUT2D eigenvalue weighted by atomic mass is 10.0. The monoisotopic (exact) mass is 308 g/mol. The van der Waals surface area contributed by atoms with Crippen LogP contribution in [-0.4, -0.2) is 28.6 Å². The predicted octanol–water partition coefficient (Wildman–Crippen LogP) is 3.02. The summed E-state index contributed by atoms with van der Waals surface area (Å²) in [4.78, 5) is 14.4. The molecule has 0 saturated heterocycles. The lowest BCUT2D eigenvalue weighted by molar-refractivity contribution is -0.136. The van der Waals surface area contributed by atoms with E-state index >= 15 is 0 Å². The van der Waals surface area contributed by atoms with E-state index in [1.54, 1.807) is 11.8 Å². The van der Waals surface area contributed by atoms with Crippen molar-refractivity contribution in [2.75, 3.05) is 6.54 Å². The first kappa shape index (κ1) is 15.5. The number of hydroxylamine groups is 1. The highest BCUT2D eigenvalue weighted by molar-refractivity contribution is 5.86. The van der Waals surface area contributed by atoms with E-state index in [1.807, 2.05) is 48.5 Å². The average Bonchev–Trinajstić information content (AvgIpc) is 3.07. The molecule has 0 aromatic heterocycles. The smallest absolute Gasteiger partial charge is 0.242 e. The minimum Gasteiger partial charge on any atom is -0.326 e. The summed E-state index contributed by atoms with van der Waals surface area (Å²) in [6.45, 7) is 2.19. The Morgan fingerprint density at radius 3 is 2.35 bits per heavy atom. The summed E-state index contributed by atoms with van der Waals surface area (Å²) in [6, 6.07) is 19.3. The lowest BCUT2D eigenvalue weighted by Gasteiger charge is -2.27. The Morgan fingerprint density at radius 1 is 1.13 bits per heavy atom. The van der Waals surface area contributed by atoms with E-state index in [4.69, 9.17) is 5.21 Å². The van der Waals surface area contributed by atoms with Gasteiger partial charge in [-0.05, 0) is 23.6 Å². The Balaban J connectivity index is 1.96. The van der Waals surface area contributed by atoms with Crippen molar-refractivity contribution in [1.29, 1.82) is 0 Å². The molecule has 3 rings (SSSR count). The van der Waals surface area contributed by atoms with Gasteiger partial charge in [-0.25, -0.2) is 0 Å². The Hall–Kier alpha value is -2.43. The normalized spacial score (nSPS) is 18.6. The topological polar surface area (TPSA) is 52.6 Å². The summed E-state index contributed by atoms with van der Waals surface area (Å²) in [5.74, 6) is -0.122. The van der Waals surface area contributed by atoms with Gasteiger partial charge in [-0.2, -0.15) is 5.48 Å². The minimum atomic E-state index is -0.635. The van der Waals surface area contributed by atoms with Crippen LogP contribution in [0.1, 0.15) is 24.1 Å². The summed E-state index contributed by atoms with van der Waals surface area (Å²) in [7, 11) is 0. The molecule has 2 aromatic carbocycles. The molecule has 1 aliphatic rings. The third-order valence-corrected chi connectivity index (χ3v) is 4.17. The van der Waals surface area contributed by atoms with E-state index in [1.165, 1.54) is 0 Å². The average molecular weight is 308 g/mol. The van der Waals surface area contributed by atoms with Crippen LogP contribution in [-0.2, 0) is 4.79 Å². The van der Waals surface area contributed by atoms with Crippen molar-refractivity contribution in [3.63, 3.8) is 0 Å². The highest BCUT2D eigenvalue weighted by atomic mass is 16.5. The zero-order chi connectivity index (χ0) is 16.2. The minimum absolute atomic E-state index is 0.116. The molecule has 23 heavy (non-hydrogen) atoms. The lowest BCUT2D eigenvalue weighted by Crippen LogP contribution is -2.43. The third-order valence-electron chi connectivity index (χ3n) is 4.17. The summed E-state index contributed by atoms with van der Waals surface area (Å²) in [5.41, 5.74) is 5.36. The van der Waals surface area contributed by atoms with Crippen molar-refractivity contribution in [2.24, 2.45) is 0 Å². The Kier molecular flexibility index (Phi) is 4.55. The molecule has 118 valence electrons. The zero-order valence-electron chi connectivity index (χ0n) is 13.0. The summed E-state index contributed by atoms with van der Waals surface area (Å²) in [5, 5.41) is 9.09. The molecule has 0 fully saturated rings. The van der Waals surface area contributed by atoms with Crippen LogP contribution in [0.15, 0.2) is 66.7 Å². The number of benzene rings is 2. The molecule has 0 saturated carbocycles. The number of nitrogens with one attached hydrogen (secondary N) is 1. The molecular formula is C19H20N2O2. The second-order valence-electron chi connectivity index (χ2n) is 5.73. The fourth-order valence-corrected chi connectivity index (χ4v) is 2.90. The van der Waals surface area contributed by atoms with Crippen molar-refractivity contribution in [1.82, 2.24) is 10.4 Å². The first-order chi connectivity index (χ1) is 11.2. The van der Waals surface area contributed by atoms with Crippen molar-refractivity contribution >= 4 is 11.5 Å². The fourth-order valence-electron chi connectivity index (χ4n) is 2.90. The van der Waals surface area contributed by atoms with Gasteiger partial charge in [0.05, 0.1) is 6.04 Å². The Bertz CT molecular complexity index is 698. The molecule has 2 atom stereocenters. The predicted molar refractivity (Wildman–Crippen MR) is 89.7 cm³/mol. The van der Waals surface area contributed by atoms with Crippen molar-refractivity contribution in [2.45, 2.75) is 19.0 Å². The first-order valence-corrected chi connectivity index (χ1v) is 7.72. The van der Waals surface area contributed by atoms with Crippen LogP contribution >= 0.6 is 0 Å². The van der Waals surface area contributed by atoms with Crippen LogP contribution in [0.4, 0.5) is 0 Å². The second kappa shape index (κ2) is 6.77. The van der Waals surface area contributed by atoms with E-state index in [2.05, 4.69) is 23.7 Å². The molecule has 1 aliphatic heterocycles. The molecule has 1 amide bonds. The van der Waals surface area contributed by atoms with Gasteiger partial charge >= 0.3 is 0 Å². The zero-order valence-corrected chi connectivity index (χ0v) is 13.0. The summed E-state index contributed by atoms with van der Waals surface area (Å²) >= 11 is 0. The molecule has 2 unspecified atom stereocenters. The second-order valence-corrected chi connectivity index (χ2v) is 5.73. The number of carbonyl (C=O) groups excluding carboxylic acids is 1. The molecule has 0 radical (unpaired) electrons. The number of rotatable bonds is 4. The van der Waals surface area contributed by atoms with Gasteiger partial charge in [0, 0.05) is 6.54 Å². The number of hydrogen-bond acceptors (Lipinski definition) is 3. The van der Waals surface area contributed by atoms with Crippen LogP contribution in [0.25, 0.3) is 5.57 Å². The van der Waals surface area contributed by atoms with Crippen molar-refractivity contribution in [3.05, 3.63) is 77.9 Å². The molecular weight excluding hydrogens is 288 g/mol. The van der Waals surface area contributed by atoms with E-state index in [-0.39, 0.29) is 11.9 Å². The van der Waals surface area contributed by atoms with Gasteiger partial charge < -0.3 is 10.1 Å².